The van der Waals surface area contributed by atoms with Crippen LogP contribution in [0.1, 0.15) is 12.8 Å². The number of hydrogen-bond donors (Lipinski definition) is 4. The maximum absolute atomic E-state index is 10.4. The van der Waals surface area contributed by atoms with Crippen molar-refractivity contribution in [1.29, 1.82) is 0 Å². The number of nitrogens with two attached hydrogens (primary N) is 2. The van der Waals surface area contributed by atoms with Crippen LogP contribution in [0.5, 0.6) is 0 Å². The molecule has 0 saturated heterocycles. The Labute approximate surface area is 72.1 Å². The molecule has 6 N–H and O–H groups in total. The van der Waals surface area contributed by atoms with Gasteiger partial charge in [0.1, 0.15) is 6.04 Å². The highest BCUT2D eigenvalue weighted by Crippen LogP contribution is 1.99. The van der Waals surface area contributed by atoms with Gasteiger partial charge in [-0.25, -0.2) is 0 Å². The van der Waals surface area contributed by atoms with E-state index in [1.54, 1.807) is 7.05 Å². The SMILES string of the molecule is CNC(CCN)C[C@H](N)C(=O)O. The fourth-order valence-electron chi connectivity index (χ4n) is 0.989. The number of carboxylic acid groups (broad SMARTS) is 1. The Hall–Kier alpha value is -0.650. The van der Waals surface area contributed by atoms with E-state index >= 15 is 0 Å². The quantitative estimate of drug-likeness (QED) is 0.403. The number of rotatable bonds is 6. The Kier molecular flexibility index (Phi) is 5.61. The van der Waals surface area contributed by atoms with Crippen LogP contribution >= 0.6 is 0 Å². The van der Waals surface area contributed by atoms with Gasteiger partial charge in [0.25, 0.3) is 0 Å². The van der Waals surface area contributed by atoms with E-state index in [2.05, 4.69) is 5.32 Å². The highest BCUT2D eigenvalue weighted by Gasteiger charge is 2.16. The van der Waals surface area contributed by atoms with Gasteiger partial charge in [-0.2, -0.15) is 0 Å². The molecule has 0 spiro atoms. The van der Waals surface area contributed by atoms with Crippen molar-refractivity contribution in [1.82, 2.24) is 5.32 Å². The number of hydrogen-bond acceptors (Lipinski definition) is 4. The predicted octanol–water partition coefficient (Wildman–Crippen LogP) is -1.27. The number of carboxylic acids is 1. The fourth-order valence-corrected chi connectivity index (χ4v) is 0.989. The summed E-state index contributed by atoms with van der Waals surface area (Å²) in [5, 5.41) is 11.5. The van der Waals surface area contributed by atoms with Gasteiger partial charge >= 0.3 is 5.97 Å². The van der Waals surface area contributed by atoms with E-state index in [0.717, 1.165) is 6.42 Å². The first-order chi connectivity index (χ1) is 5.61. The molecule has 0 aromatic rings. The molecule has 0 aliphatic heterocycles. The molecule has 0 fully saturated rings. The topological polar surface area (TPSA) is 101 Å². The maximum Gasteiger partial charge on any atom is 0.320 e. The second kappa shape index (κ2) is 5.93. The first-order valence-electron chi connectivity index (χ1n) is 3.97. The van der Waals surface area contributed by atoms with Crippen LogP contribution in [0.3, 0.4) is 0 Å². The van der Waals surface area contributed by atoms with Crippen LogP contribution in [-0.4, -0.2) is 36.8 Å². The smallest absolute Gasteiger partial charge is 0.320 e. The second-order valence-corrected chi connectivity index (χ2v) is 2.74. The molecule has 5 heteroatoms. The molecular weight excluding hydrogens is 158 g/mol. The molecule has 0 aromatic heterocycles. The van der Waals surface area contributed by atoms with Crippen LogP contribution in [0, 0.1) is 0 Å². The third-order valence-electron chi connectivity index (χ3n) is 1.78. The Morgan fingerprint density at radius 2 is 2.25 bits per heavy atom. The molecule has 5 nitrogen and oxygen atoms in total. The van der Waals surface area contributed by atoms with E-state index in [4.69, 9.17) is 16.6 Å². The van der Waals surface area contributed by atoms with Crippen LogP contribution in [0.15, 0.2) is 0 Å². The van der Waals surface area contributed by atoms with Crippen LogP contribution in [0.4, 0.5) is 0 Å². The molecule has 0 bridgehead atoms. The van der Waals surface area contributed by atoms with E-state index in [0.29, 0.717) is 13.0 Å². The summed E-state index contributed by atoms with van der Waals surface area (Å²) < 4.78 is 0. The summed E-state index contributed by atoms with van der Waals surface area (Å²) in [5.41, 5.74) is 10.7. The standard InChI is InChI=1S/C7H17N3O2/c1-10-5(2-3-8)4-6(9)7(11)12/h5-6,10H,2-4,8-9H2,1H3,(H,11,12)/t5?,6-/m0/s1. The van der Waals surface area contributed by atoms with Crippen molar-refractivity contribution >= 4 is 5.97 Å². The van der Waals surface area contributed by atoms with E-state index in [1.807, 2.05) is 0 Å². The van der Waals surface area contributed by atoms with Gasteiger partial charge in [0.2, 0.25) is 0 Å². The maximum atomic E-state index is 10.4. The molecule has 0 aromatic carbocycles. The number of nitrogens with one attached hydrogen (secondary N) is 1. The van der Waals surface area contributed by atoms with Gasteiger partial charge in [-0.1, -0.05) is 0 Å². The summed E-state index contributed by atoms with van der Waals surface area (Å²) in [5.74, 6) is -0.965. The Morgan fingerprint density at radius 1 is 1.67 bits per heavy atom. The molecule has 72 valence electrons. The zero-order valence-corrected chi connectivity index (χ0v) is 7.29. The van der Waals surface area contributed by atoms with Crippen molar-refractivity contribution in [2.24, 2.45) is 11.5 Å². The molecule has 0 heterocycles. The highest BCUT2D eigenvalue weighted by atomic mass is 16.4. The number of carbonyl (C=O) groups is 1. The summed E-state index contributed by atoms with van der Waals surface area (Å²) in [4.78, 5) is 10.4. The monoisotopic (exact) mass is 175 g/mol. The largest absolute Gasteiger partial charge is 0.480 e. The van der Waals surface area contributed by atoms with Crippen molar-refractivity contribution in [3.63, 3.8) is 0 Å². The Morgan fingerprint density at radius 3 is 2.58 bits per heavy atom. The summed E-state index contributed by atoms with van der Waals surface area (Å²) in [6.07, 6.45) is 1.17. The molecule has 0 aliphatic rings. The second-order valence-electron chi connectivity index (χ2n) is 2.74. The minimum absolute atomic E-state index is 0.0982. The zero-order valence-electron chi connectivity index (χ0n) is 7.29. The minimum atomic E-state index is -0.965. The third-order valence-corrected chi connectivity index (χ3v) is 1.78. The molecule has 0 rings (SSSR count). The van der Waals surface area contributed by atoms with E-state index in [-0.39, 0.29) is 6.04 Å². The van der Waals surface area contributed by atoms with Gasteiger partial charge in [-0.3, -0.25) is 4.79 Å². The molecule has 1 unspecified atom stereocenters. The van der Waals surface area contributed by atoms with Gasteiger partial charge in [-0.05, 0) is 26.4 Å². The lowest BCUT2D eigenvalue weighted by molar-refractivity contribution is -0.138. The third kappa shape index (κ3) is 4.27. The molecule has 0 aliphatic carbocycles. The fraction of sp³-hybridized carbons (Fsp3) is 0.857. The first kappa shape index (κ1) is 11.4. The van der Waals surface area contributed by atoms with Gasteiger partial charge < -0.3 is 21.9 Å². The minimum Gasteiger partial charge on any atom is -0.480 e. The van der Waals surface area contributed by atoms with Gasteiger partial charge in [0.15, 0.2) is 0 Å². The molecule has 12 heavy (non-hydrogen) atoms. The van der Waals surface area contributed by atoms with E-state index < -0.39 is 12.0 Å². The van der Waals surface area contributed by atoms with E-state index in [9.17, 15) is 4.79 Å². The molecule has 0 amide bonds. The summed E-state index contributed by atoms with van der Waals surface area (Å²) in [6, 6.07) is -0.699. The normalized spacial score (nSPS) is 15.6. The first-order valence-corrected chi connectivity index (χ1v) is 3.97. The zero-order chi connectivity index (χ0) is 9.56. The van der Waals surface area contributed by atoms with Crippen molar-refractivity contribution in [2.75, 3.05) is 13.6 Å². The van der Waals surface area contributed by atoms with Crippen LogP contribution < -0.4 is 16.8 Å². The summed E-state index contributed by atoms with van der Waals surface area (Å²) >= 11 is 0. The van der Waals surface area contributed by atoms with Crippen LogP contribution in [0.25, 0.3) is 0 Å². The average Bonchev–Trinajstić information content (AvgIpc) is 2.03. The Bertz CT molecular complexity index is 141. The molecular formula is C7H17N3O2. The molecule has 0 saturated carbocycles. The average molecular weight is 175 g/mol. The van der Waals surface area contributed by atoms with Gasteiger partial charge in [-0.15, -0.1) is 0 Å². The lowest BCUT2D eigenvalue weighted by Gasteiger charge is -2.16. The van der Waals surface area contributed by atoms with Crippen molar-refractivity contribution < 1.29 is 9.90 Å². The molecule has 0 radical (unpaired) electrons. The van der Waals surface area contributed by atoms with E-state index in [1.165, 1.54) is 0 Å². The number of aliphatic carboxylic acids is 1. The molecule has 2 atom stereocenters. The van der Waals surface area contributed by atoms with Crippen molar-refractivity contribution in [3.05, 3.63) is 0 Å². The summed E-state index contributed by atoms with van der Waals surface area (Å²) in [7, 11) is 1.77. The highest BCUT2D eigenvalue weighted by molar-refractivity contribution is 5.73. The van der Waals surface area contributed by atoms with Gasteiger partial charge in [0, 0.05) is 6.04 Å². The summed E-state index contributed by atoms with van der Waals surface area (Å²) in [6.45, 7) is 0.540. The lowest BCUT2D eigenvalue weighted by Crippen LogP contribution is -2.39. The lowest BCUT2D eigenvalue weighted by atomic mass is 10.1. The van der Waals surface area contributed by atoms with Crippen LogP contribution in [0.2, 0.25) is 0 Å². The Balaban J connectivity index is 3.76. The van der Waals surface area contributed by atoms with Crippen molar-refractivity contribution in [2.45, 2.75) is 24.9 Å². The van der Waals surface area contributed by atoms with Gasteiger partial charge in [0.05, 0.1) is 0 Å². The van der Waals surface area contributed by atoms with Crippen LogP contribution in [-0.2, 0) is 4.79 Å². The predicted molar refractivity (Wildman–Crippen MR) is 46.7 cm³/mol. The van der Waals surface area contributed by atoms with Crippen molar-refractivity contribution in [3.8, 4) is 0 Å².